The summed E-state index contributed by atoms with van der Waals surface area (Å²) < 4.78 is 11.0. The molecule has 0 saturated carbocycles. The van der Waals surface area contributed by atoms with Crippen molar-refractivity contribution in [3.05, 3.63) is 60.4 Å². The van der Waals surface area contributed by atoms with Crippen LogP contribution in [0.15, 0.2) is 59.0 Å². The Kier molecular flexibility index (Phi) is 3.73. The van der Waals surface area contributed by atoms with Gasteiger partial charge < -0.3 is 9.15 Å². The lowest BCUT2D eigenvalue weighted by Crippen LogP contribution is -2.08. The molecule has 0 spiro atoms. The van der Waals surface area contributed by atoms with E-state index >= 15 is 0 Å². The number of fused-ring (bicyclic) bond motifs is 1. The van der Waals surface area contributed by atoms with Crippen LogP contribution in [0.25, 0.3) is 22.5 Å². The van der Waals surface area contributed by atoms with Gasteiger partial charge in [0.1, 0.15) is 17.9 Å². The Balaban J connectivity index is 2.03. The summed E-state index contributed by atoms with van der Waals surface area (Å²) in [6.45, 7) is 2.18. The quantitative estimate of drug-likeness (QED) is 0.674. The lowest BCUT2D eigenvalue weighted by molar-refractivity contribution is -0.142. The number of ether oxygens (including phenoxy) is 1. The van der Waals surface area contributed by atoms with E-state index in [1.807, 2.05) is 54.6 Å². The van der Waals surface area contributed by atoms with Crippen molar-refractivity contribution in [3.8, 4) is 22.5 Å². The minimum absolute atomic E-state index is 0.148. The van der Waals surface area contributed by atoms with Gasteiger partial charge in [0.25, 0.3) is 0 Å². The molecule has 0 fully saturated rings. The molecular weight excluding hydrogens is 264 g/mol. The van der Waals surface area contributed by atoms with Gasteiger partial charge in [-0.25, -0.2) is 0 Å². The van der Waals surface area contributed by atoms with E-state index in [2.05, 4.69) is 0 Å². The largest absolute Gasteiger partial charge is 0.466 e. The van der Waals surface area contributed by atoms with Crippen LogP contribution in [-0.4, -0.2) is 12.6 Å². The van der Waals surface area contributed by atoms with Gasteiger partial charge >= 0.3 is 5.97 Å². The highest BCUT2D eigenvalue weighted by molar-refractivity contribution is 5.79. The molecule has 0 N–H and O–H groups in total. The molecule has 21 heavy (non-hydrogen) atoms. The summed E-state index contributed by atoms with van der Waals surface area (Å²) in [7, 11) is 0. The smallest absolute Gasteiger partial charge is 0.313 e. The Morgan fingerprint density at radius 3 is 2.57 bits per heavy atom. The van der Waals surface area contributed by atoms with Gasteiger partial charge in [-0.1, -0.05) is 48.5 Å². The molecule has 0 bridgehead atoms. The summed E-state index contributed by atoms with van der Waals surface area (Å²) in [6.07, 6.45) is 0.148. The second kappa shape index (κ2) is 5.83. The van der Waals surface area contributed by atoms with E-state index in [1.54, 1.807) is 6.92 Å². The average Bonchev–Trinajstić information content (AvgIpc) is 2.97. The maximum Gasteiger partial charge on any atom is 0.313 e. The van der Waals surface area contributed by atoms with Gasteiger partial charge in [-0.3, -0.25) is 4.79 Å². The average molecular weight is 280 g/mol. The van der Waals surface area contributed by atoms with E-state index < -0.39 is 0 Å². The van der Waals surface area contributed by atoms with E-state index in [0.29, 0.717) is 12.4 Å². The minimum Gasteiger partial charge on any atom is -0.466 e. The Bertz CT molecular complexity index is 713. The van der Waals surface area contributed by atoms with Crippen LogP contribution in [-0.2, 0) is 16.0 Å². The molecule has 0 atom stereocenters. The van der Waals surface area contributed by atoms with Crippen LogP contribution in [0.1, 0.15) is 12.7 Å². The highest BCUT2D eigenvalue weighted by Gasteiger charge is 2.17. The number of esters is 1. The second-order valence-corrected chi connectivity index (χ2v) is 4.78. The molecule has 0 saturated heterocycles. The lowest BCUT2D eigenvalue weighted by atomic mass is 10.0. The fraction of sp³-hybridized carbons (Fsp3) is 0.167. The lowest BCUT2D eigenvalue weighted by Gasteiger charge is -2.11. The number of hydrogen-bond donors (Lipinski definition) is 0. The van der Waals surface area contributed by atoms with Gasteiger partial charge in [0, 0.05) is 11.1 Å². The maximum absolute atomic E-state index is 11.7. The van der Waals surface area contributed by atoms with Crippen molar-refractivity contribution < 1.29 is 13.9 Å². The number of hydrogen-bond acceptors (Lipinski definition) is 3. The molecule has 1 aromatic carbocycles. The first-order valence-electron chi connectivity index (χ1n) is 7.00. The molecule has 3 nitrogen and oxygen atoms in total. The van der Waals surface area contributed by atoms with E-state index in [1.165, 1.54) is 0 Å². The number of rotatable bonds is 4. The van der Waals surface area contributed by atoms with Crippen molar-refractivity contribution >= 4 is 5.97 Å². The molecule has 3 heteroatoms. The zero-order valence-electron chi connectivity index (χ0n) is 11.8. The first-order chi connectivity index (χ1) is 10.3. The molecular formula is C18H16O3. The Morgan fingerprint density at radius 1 is 1.05 bits per heavy atom. The van der Waals surface area contributed by atoms with Crippen molar-refractivity contribution in [3.63, 3.8) is 0 Å². The summed E-state index contributed by atoms with van der Waals surface area (Å²) in [5.74, 6) is 1.14. The van der Waals surface area contributed by atoms with Crippen molar-refractivity contribution in [2.45, 2.75) is 13.3 Å². The minimum atomic E-state index is -0.269. The van der Waals surface area contributed by atoms with Crippen LogP contribution in [0.5, 0.6) is 0 Å². The molecule has 1 aliphatic carbocycles. The standard InChI is InChI=1S/C18H16O3/c1-2-20-18(19)12-17-15-10-6-9-14(15)11-16(21-17)13-7-4-3-5-8-13/h3-11H,2,12H2,1H3. The first kappa shape index (κ1) is 13.4. The van der Waals surface area contributed by atoms with E-state index in [9.17, 15) is 4.79 Å². The first-order valence-corrected chi connectivity index (χ1v) is 7.00. The number of carbonyl (C=O) groups is 1. The highest BCUT2D eigenvalue weighted by Crippen LogP contribution is 2.33. The molecule has 1 aliphatic heterocycles. The summed E-state index contributed by atoms with van der Waals surface area (Å²) >= 11 is 0. The monoisotopic (exact) mass is 280 g/mol. The second-order valence-electron chi connectivity index (χ2n) is 4.78. The van der Waals surface area contributed by atoms with Gasteiger partial charge in [-0.15, -0.1) is 0 Å². The fourth-order valence-electron chi connectivity index (χ4n) is 2.39. The van der Waals surface area contributed by atoms with Crippen molar-refractivity contribution in [2.75, 3.05) is 6.61 Å². The molecule has 1 aromatic rings. The van der Waals surface area contributed by atoms with Crippen LogP contribution >= 0.6 is 0 Å². The molecule has 3 rings (SSSR count). The van der Waals surface area contributed by atoms with Gasteiger partial charge in [0.05, 0.1) is 6.61 Å². The maximum atomic E-state index is 11.7. The van der Waals surface area contributed by atoms with Crippen LogP contribution < -0.4 is 0 Å². The zero-order chi connectivity index (χ0) is 14.7. The van der Waals surface area contributed by atoms with Crippen molar-refractivity contribution in [1.29, 1.82) is 0 Å². The highest BCUT2D eigenvalue weighted by atomic mass is 16.5. The molecule has 2 aliphatic rings. The molecule has 0 amide bonds. The third-order valence-electron chi connectivity index (χ3n) is 3.34. The molecule has 0 radical (unpaired) electrons. The predicted molar refractivity (Wildman–Crippen MR) is 81.1 cm³/mol. The molecule has 1 heterocycles. The SMILES string of the molecule is CCOC(=O)Cc1oc(-c2ccccc2)cc2cccc1-2. The number of benzene rings is 1. The zero-order valence-corrected chi connectivity index (χ0v) is 11.8. The Hall–Kier alpha value is -2.55. The van der Waals surface area contributed by atoms with E-state index in [4.69, 9.17) is 9.15 Å². The van der Waals surface area contributed by atoms with Crippen LogP contribution in [0.3, 0.4) is 0 Å². The molecule has 106 valence electrons. The van der Waals surface area contributed by atoms with Crippen LogP contribution in [0.4, 0.5) is 0 Å². The Labute approximate surface area is 123 Å². The van der Waals surface area contributed by atoms with Gasteiger partial charge in [0.15, 0.2) is 0 Å². The van der Waals surface area contributed by atoms with Crippen LogP contribution in [0, 0.1) is 0 Å². The normalized spacial score (nSPS) is 10.7. The topological polar surface area (TPSA) is 39.4 Å². The van der Waals surface area contributed by atoms with Gasteiger partial charge in [-0.2, -0.15) is 0 Å². The third kappa shape index (κ3) is 2.82. The third-order valence-corrected chi connectivity index (χ3v) is 3.34. The number of carbonyl (C=O) groups excluding carboxylic acids is 1. The van der Waals surface area contributed by atoms with Crippen molar-refractivity contribution in [1.82, 2.24) is 0 Å². The molecule has 0 aromatic heterocycles. The summed E-state index contributed by atoms with van der Waals surface area (Å²) in [5.41, 5.74) is 3.02. The van der Waals surface area contributed by atoms with Crippen LogP contribution in [0.2, 0.25) is 0 Å². The fourth-order valence-corrected chi connectivity index (χ4v) is 2.39. The van der Waals surface area contributed by atoms with Gasteiger partial charge in [-0.05, 0) is 18.6 Å². The summed E-state index contributed by atoms with van der Waals surface area (Å²) in [6, 6.07) is 17.8. The summed E-state index contributed by atoms with van der Waals surface area (Å²) in [5, 5.41) is 0. The summed E-state index contributed by atoms with van der Waals surface area (Å²) in [4.78, 5) is 11.7. The predicted octanol–water partition coefficient (Wildman–Crippen LogP) is 4.16. The van der Waals surface area contributed by atoms with Crippen molar-refractivity contribution in [2.24, 2.45) is 0 Å². The Morgan fingerprint density at radius 2 is 1.81 bits per heavy atom. The van der Waals surface area contributed by atoms with E-state index in [-0.39, 0.29) is 12.4 Å². The van der Waals surface area contributed by atoms with E-state index in [0.717, 1.165) is 22.5 Å². The molecule has 0 unspecified atom stereocenters. The van der Waals surface area contributed by atoms with Gasteiger partial charge in [0.2, 0.25) is 0 Å².